The van der Waals surface area contributed by atoms with Gasteiger partial charge in [-0.3, -0.25) is 15.6 Å². The zero-order valence-corrected chi connectivity index (χ0v) is 18.7. The molecular formula is C23H25N5O3S. The second kappa shape index (κ2) is 9.05. The van der Waals surface area contributed by atoms with E-state index in [4.69, 9.17) is 25.7 Å². The average Bonchev–Trinajstić information content (AvgIpc) is 3.53. The third kappa shape index (κ3) is 4.49. The van der Waals surface area contributed by atoms with Crippen molar-refractivity contribution in [3.8, 4) is 11.3 Å². The van der Waals surface area contributed by atoms with Crippen molar-refractivity contribution in [3.05, 3.63) is 63.8 Å². The quantitative estimate of drug-likeness (QED) is 0.392. The lowest BCUT2D eigenvalue weighted by Gasteiger charge is -2.24. The van der Waals surface area contributed by atoms with E-state index in [-0.39, 0.29) is 23.7 Å². The number of furan rings is 1. The fraction of sp³-hybridized carbons (Fsp3) is 0.304. The Balaban J connectivity index is 1.69. The molecule has 1 amide bonds. The Bertz CT molecular complexity index is 1150. The van der Waals surface area contributed by atoms with Crippen LogP contribution in [0.1, 0.15) is 52.4 Å². The molecule has 0 aliphatic carbocycles. The molecule has 0 radical (unpaired) electrons. The van der Waals surface area contributed by atoms with E-state index in [0.717, 1.165) is 23.5 Å². The summed E-state index contributed by atoms with van der Waals surface area (Å²) in [7, 11) is 0. The predicted octanol–water partition coefficient (Wildman–Crippen LogP) is 4.36. The number of likely N-dealkylation sites (tertiary alicyclic amines) is 1. The van der Waals surface area contributed by atoms with Crippen molar-refractivity contribution in [2.45, 2.75) is 38.8 Å². The number of nitrogens with two attached hydrogens (primary N) is 1. The molecule has 8 nitrogen and oxygen atoms in total. The van der Waals surface area contributed by atoms with Crippen LogP contribution in [0.3, 0.4) is 0 Å². The Morgan fingerprint density at radius 1 is 1.34 bits per heavy atom. The van der Waals surface area contributed by atoms with Gasteiger partial charge in [0.1, 0.15) is 10.8 Å². The van der Waals surface area contributed by atoms with Gasteiger partial charge in [-0.2, -0.15) is 0 Å². The third-order valence-electron chi connectivity index (χ3n) is 5.31. The number of aromatic nitrogens is 1. The molecule has 0 saturated carbocycles. The van der Waals surface area contributed by atoms with Crippen LogP contribution in [0, 0.1) is 17.7 Å². The van der Waals surface area contributed by atoms with E-state index in [1.807, 2.05) is 17.2 Å². The van der Waals surface area contributed by atoms with Crippen molar-refractivity contribution in [1.82, 2.24) is 9.88 Å². The average molecular weight is 452 g/mol. The summed E-state index contributed by atoms with van der Waals surface area (Å²) in [6.45, 7) is 4.20. The standard InChI is InChI=1S/C23H25N5O3S/c1-13-12-32-22(27-13)18-5-3-7-28(18)23(29)17-10-15(19-6-4-8-30-19)9-16(11-17)21(26)31-20(25)14(2)24/h4,6,8-12,14,18,25-26H,3,5,7,24H2,1-2H3. The first kappa shape index (κ1) is 21.9. The molecule has 3 aromatic rings. The number of hydrogen-bond acceptors (Lipinski definition) is 8. The van der Waals surface area contributed by atoms with Gasteiger partial charge >= 0.3 is 0 Å². The fourth-order valence-corrected chi connectivity index (χ4v) is 4.63. The summed E-state index contributed by atoms with van der Waals surface area (Å²) in [6, 6.07) is 7.94. The van der Waals surface area contributed by atoms with Crippen molar-refractivity contribution in [3.63, 3.8) is 0 Å². The topological polar surface area (TPSA) is 129 Å². The summed E-state index contributed by atoms with van der Waals surface area (Å²) < 4.78 is 10.8. The molecule has 1 fully saturated rings. The molecule has 32 heavy (non-hydrogen) atoms. The fourth-order valence-electron chi connectivity index (χ4n) is 3.69. The minimum atomic E-state index is -0.642. The van der Waals surface area contributed by atoms with Crippen LogP contribution in [-0.4, -0.2) is 40.2 Å². The van der Waals surface area contributed by atoms with Crippen molar-refractivity contribution < 1.29 is 13.9 Å². The summed E-state index contributed by atoms with van der Waals surface area (Å²) in [5.74, 6) is -0.0251. The van der Waals surface area contributed by atoms with Crippen molar-refractivity contribution in [2.24, 2.45) is 5.73 Å². The Hall–Kier alpha value is -3.30. The number of amides is 1. The van der Waals surface area contributed by atoms with E-state index in [2.05, 4.69) is 4.98 Å². The summed E-state index contributed by atoms with van der Waals surface area (Å²) in [4.78, 5) is 20.0. The van der Waals surface area contributed by atoms with Gasteiger partial charge in [0.15, 0.2) is 0 Å². The summed E-state index contributed by atoms with van der Waals surface area (Å²) in [6.07, 6.45) is 3.33. The maximum atomic E-state index is 13.6. The number of nitrogens with zero attached hydrogens (tertiary/aromatic N) is 2. The zero-order valence-electron chi connectivity index (χ0n) is 17.9. The second-order valence-electron chi connectivity index (χ2n) is 7.84. The van der Waals surface area contributed by atoms with Gasteiger partial charge in [-0.25, -0.2) is 4.98 Å². The first-order valence-corrected chi connectivity index (χ1v) is 11.2. The number of ether oxygens (including phenoxy) is 1. The third-order valence-corrected chi connectivity index (χ3v) is 6.37. The molecule has 4 rings (SSSR count). The van der Waals surface area contributed by atoms with Crippen LogP contribution in [0.4, 0.5) is 0 Å². The van der Waals surface area contributed by atoms with Crippen LogP contribution >= 0.6 is 11.3 Å². The SMILES string of the molecule is Cc1csc(C2CCCN2C(=O)c2cc(C(=N)OC(=N)C(C)N)cc(-c3ccco3)c2)n1. The van der Waals surface area contributed by atoms with E-state index >= 15 is 0 Å². The van der Waals surface area contributed by atoms with E-state index < -0.39 is 6.04 Å². The smallest absolute Gasteiger partial charge is 0.254 e. The van der Waals surface area contributed by atoms with Crippen LogP contribution in [0.5, 0.6) is 0 Å². The summed E-state index contributed by atoms with van der Waals surface area (Å²) in [5, 5.41) is 19.1. The molecule has 1 aromatic carbocycles. The second-order valence-corrected chi connectivity index (χ2v) is 8.73. The van der Waals surface area contributed by atoms with Crippen molar-refractivity contribution in [2.75, 3.05) is 6.54 Å². The molecule has 1 aliphatic heterocycles. The lowest BCUT2D eigenvalue weighted by atomic mass is 10.0. The Kier molecular flexibility index (Phi) is 6.20. The van der Waals surface area contributed by atoms with Gasteiger partial charge in [0.05, 0.1) is 18.3 Å². The van der Waals surface area contributed by atoms with E-state index in [0.29, 0.717) is 29.0 Å². The zero-order chi connectivity index (χ0) is 22.8. The first-order valence-electron chi connectivity index (χ1n) is 10.4. The van der Waals surface area contributed by atoms with Crippen LogP contribution in [0.2, 0.25) is 0 Å². The minimum Gasteiger partial charge on any atom is -0.464 e. The number of thiazole rings is 1. The molecule has 2 atom stereocenters. The molecule has 2 aromatic heterocycles. The van der Waals surface area contributed by atoms with Crippen LogP contribution in [-0.2, 0) is 4.74 Å². The maximum Gasteiger partial charge on any atom is 0.254 e. The van der Waals surface area contributed by atoms with Crippen LogP contribution < -0.4 is 5.73 Å². The van der Waals surface area contributed by atoms with Gasteiger partial charge in [0, 0.05) is 34.3 Å². The molecule has 3 heterocycles. The number of benzene rings is 1. The number of nitrogens with one attached hydrogen (secondary N) is 2. The lowest BCUT2D eigenvalue weighted by molar-refractivity contribution is 0.0735. The van der Waals surface area contributed by atoms with E-state index in [9.17, 15) is 4.79 Å². The molecule has 2 unspecified atom stereocenters. The largest absolute Gasteiger partial charge is 0.464 e. The van der Waals surface area contributed by atoms with E-state index in [1.165, 1.54) is 0 Å². The molecule has 1 saturated heterocycles. The summed E-state index contributed by atoms with van der Waals surface area (Å²) >= 11 is 1.57. The number of aryl methyl sites for hydroxylation is 1. The first-order chi connectivity index (χ1) is 15.3. The van der Waals surface area contributed by atoms with Gasteiger partial charge < -0.3 is 19.8 Å². The van der Waals surface area contributed by atoms with Gasteiger partial charge in [0.25, 0.3) is 5.91 Å². The minimum absolute atomic E-state index is 0.0566. The number of hydrogen-bond donors (Lipinski definition) is 3. The van der Waals surface area contributed by atoms with E-state index in [1.54, 1.807) is 54.9 Å². The highest BCUT2D eigenvalue weighted by Gasteiger charge is 2.33. The predicted molar refractivity (Wildman–Crippen MR) is 123 cm³/mol. The maximum absolute atomic E-state index is 13.6. The Morgan fingerprint density at radius 3 is 2.78 bits per heavy atom. The van der Waals surface area contributed by atoms with Crippen LogP contribution in [0.15, 0.2) is 46.4 Å². The molecule has 4 N–H and O–H groups in total. The van der Waals surface area contributed by atoms with Gasteiger partial charge in [-0.05, 0) is 57.0 Å². The highest BCUT2D eigenvalue weighted by molar-refractivity contribution is 7.09. The molecule has 9 heteroatoms. The highest BCUT2D eigenvalue weighted by atomic mass is 32.1. The highest BCUT2D eigenvalue weighted by Crippen LogP contribution is 2.35. The van der Waals surface area contributed by atoms with Crippen molar-refractivity contribution in [1.29, 1.82) is 10.8 Å². The van der Waals surface area contributed by atoms with Gasteiger partial charge in [-0.1, -0.05) is 0 Å². The van der Waals surface area contributed by atoms with Crippen LogP contribution in [0.25, 0.3) is 11.3 Å². The number of rotatable bonds is 5. The Labute approximate surface area is 190 Å². The number of carbonyl (C=O) groups excluding carboxylic acids is 1. The molecule has 0 spiro atoms. The number of carbonyl (C=O) groups is 1. The van der Waals surface area contributed by atoms with Gasteiger partial charge in [-0.15, -0.1) is 11.3 Å². The normalized spacial score (nSPS) is 16.7. The van der Waals surface area contributed by atoms with Crippen molar-refractivity contribution >= 4 is 29.0 Å². The molecular weight excluding hydrogens is 426 g/mol. The summed E-state index contributed by atoms with van der Waals surface area (Å²) in [5.41, 5.74) is 8.07. The molecule has 0 bridgehead atoms. The monoisotopic (exact) mass is 451 g/mol. The molecule has 166 valence electrons. The Morgan fingerprint density at radius 2 is 2.12 bits per heavy atom. The molecule has 1 aliphatic rings. The van der Waals surface area contributed by atoms with Gasteiger partial charge in [0.2, 0.25) is 11.8 Å². The lowest BCUT2D eigenvalue weighted by Crippen LogP contribution is -2.31.